The number of rotatable bonds is 2. The molecule has 0 aliphatic heterocycles. The van der Waals surface area contributed by atoms with Gasteiger partial charge in [0.05, 0.1) is 4.34 Å². The van der Waals surface area contributed by atoms with Crippen LogP contribution in [0.2, 0.25) is 4.34 Å². The number of aliphatic hydroxyl groups is 1. The molecule has 2 rings (SSSR count). The topological polar surface area (TPSA) is 20.2 Å². The highest BCUT2D eigenvalue weighted by Crippen LogP contribution is 2.34. The van der Waals surface area contributed by atoms with Crippen LogP contribution >= 0.6 is 22.9 Å². The fourth-order valence-electron chi connectivity index (χ4n) is 1.56. The van der Waals surface area contributed by atoms with Gasteiger partial charge in [-0.15, -0.1) is 11.3 Å². The van der Waals surface area contributed by atoms with Gasteiger partial charge < -0.3 is 5.11 Å². The Morgan fingerprint density at radius 2 is 1.94 bits per heavy atom. The highest BCUT2D eigenvalue weighted by atomic mass is 35.5. The average Bonchev–Trinajstić information content (AvgIpc) is 2.62. The minimum Gasteiger partial charge on any atom is -0.383 e. The molecule has 1 aromatic heterocycles. The van der Waals surface area contributed by atoms with Crippen LogP contribution in [-0.4, -0.2) is 5.11 Å². The lowest BCUT2D eigenvalue weighted by atomic mass is 10.1. The van der Waals surface area contributed by atoms with E-state index in [2.05, 4.69) is 0 Å². The molecule has 1 atom stereocenters. The van der Waals surface area contributed by atoms with Crippen LogP contribution in [0.3, 0.4) is 0 Å². The summed E-state index contributed by atoms with van der Waals surface area (Å²) in [7, 11) is 0. The van der Waals surface area contributed by atoms with Gasteiger partial charge in [-0.25, -0.2) is 4.39 Å². The molecule has 2 aromatic rings. The van der Waals surface area contributed by atoms with E-state index in [4.69, 9.17) is 11.6 Å². The standard InChI is InChI=1S/C13H12ClFOS/c1-7-3-4-9(6-10(7)15)12(16)11-5-8(2)13(14)17-11/h3-6,12,16H,1-2H3. The number of aliphatic hydroxyl groups excluding tert-OH is 1. The number of benzene rings is 1. The fourth-order valence-corrected chi connectivity index (χ4v) is 2.79. The van der Waals surface area contributed by atoms with E-state index >= 15 is 0 Å². The zero-order valence-corrected chi connectivity index (χ0v) is 11.1. The van der Waals surface area contributed by atoms with Crippen molar-refractivity contribution in [2.45, 2.75) is 20.0 Å². The summed E-state index contributed by atoms with van der Waals surface area (Å²) in [5, 5.41) is 10.1. The van der Waals surface area contributed by atoms with Gasteiger partial charge in [0.1, 0.15) is 11.9 Å². The Morgan fingerprint density at radius 3 is 2.47 bits per heavy atom. The van der Waals surface area contributed by atoms with E-state index in [1.54, 1.807) is 19.1 Å². The average molecular weight is 271 g/mol. The number of halogens is 2. The second-order valence-electron chi connectivity index (χ2n) is 4.02. The molecule has 0 spiro atoms. The zero-order valence-electron chi connectivity index (χ0n) is 9.50. The lowest BCUT2D eigenvalue weighted by Gasteiger charge is -2.09. The van der Waals surface area contributed by atoms with Crippen LogP contribution in [0.15, 0.2) is 24.3 Å². The number of hydrogen-bond acceptors (Lipinski definition) is 2. The summed E-state index contributed by atoms with van der Waals surface area (Å²) in [6.45, 7) is 3.57. The molecule has 0 aliphatic rings. The molecule has 4 heteroatoms. The molecule has 0 amide bonds. The molecule has 1 unspecified atom stereocenters. The van der Waals surface area contributed by atoms with Crippen LogP contribution in [0.5, 0.6) is 0 Å². The van der Waals surface area contributed by atoms with Gasteiger partial charge >= 0.3 is 0 Å². The molecular weight excluding hydrogens is 259 g/mol. The predicted octanol–water partition coefficient (Wildman–Crippen LogP) is 4.24. The maximum Gasteiger partial charge on any atom is 0.126 e. The van der Waals surface area contributed by atoms with Crippen molar-refractivity contribution in [3.8, 4) is 0 Å². The number of thiophene rings is 1. The molecule has 0 saturated heterocycles. The van der Waals surface area contributed by atoms with E-state index in [1.807, 2.05) is 13.0 Å². The van der Waals surface area contributed by atoms with Crippen molar-refractivity contribution in [2.75, 3.05) is 0 Å². The second kappa shape index (κ2) is 4.77. The molecule has 1 N–H and O–H groups in total. The lowest BCUT2D eigenvalue weighted by molar-refractivity contribution is 0.223. The summed E-state index contributed by atoms with van der Waals surface area (Å²) in [4.78, 5) is 0.732. The first-order chi connectivity index (χ1) is 7.99. The van der Waals surface area contributed by atoms with Crippen molar-refractivity contribution in [2.24, 2.45) is 0 Å². The van der Waals surface area contributed by atoms with Crippen LogP contribution in [0.4, 0.5) is 4.39 Å². The van der Waals surface area contributed by atoms with Gasteiger partial charge in [-0.05, 0) is 42.7 Å². The van der Waals surface area contributed by atoms with Crippen LogP contribution in [-0.2, 0) is 0 Å². The van der Waals surface area contributed by atoms with E-state index in [1.165, 1.54) is 17.4 Å². The smallest absolute Gasteiger partial charge is 0.126 e. The van der Waals surface area contributed by atoms with Gasteiger partial charge in [-0.3, -0.25) is 0 Å². The first-order valence-corrected chi connectivity index (χ1v) is 6.38. The second-order valence-corrected chi connectivity index (χ2v) is 5.70. The monoisotopic (exact) mass is 270 g/mol. The van der Waals surface area contributed by atoms with Crippen molar-refractivity contribution in [3.63, 3.8) is 0 Å². The van der Waals surface area contributed by atoms with E-state index in [0.29, 0.717) is 15.5 Å². The summed E-state index contributed by atoms with van der Waals surface area (Å²) in [6.07, 6.45) is -0.818. The van der Waals surface area contributed by atoms with E-state index in [9.17, 15) is 9.50 Å². The summed E-state index contributed by atoms with van der Waals surface area (Å²) in [5.74, 6) is -0.305. The molecule has 1 heterocycles. The Balaban J connectivity index is 2.36. The third kappa shape index (κ3) is 2.51. The van der Waals surface area contributed by atoms with Crippen LogP contribution in [0.1, 0.15) is 27.7 Å². The largest absolute Gasteiger partial charge is 0.383 e. The molecule has 17 heavy (non-hydrogen) atoms. The third-order valence-electron chi connectivity index (χ3n) is 2.66. The SMILES string of the molecule is Cc1ccc(C(O)c2cc(C)c(Cl)s2)cc1F. The molecule has 1 aromatic carbocycles. The Hall–Kier alpha value is -0.900. The zero-order chi connectivity index (χ0) is 12.6. The number of aryl methyl sites for hydroxylation is 2. The highest BCUT2D eigenvalue weighted by Gasteiger charge is 2.15. The van der Waals surface area contributed by atoms with Crippen molar-refractivity contribution in [1.29, 1.82) is 0 Å². The first kappa shape index (κ1) is 12.6. The number of hydrogen-bond donors (Lipinski definition) is 1. The van der Waals surface area contributed by atoms with Crippen molar-refractivity contribution in [1.82, 2.24) is 0 Å². The van der Waals surface area contributed by atoms with Crippen LogP contribution < -0.4 is 0 Å². The van der Waals surface area contributed by atoms with Crippen molar-refractivity contribution in [3.05, 3.63) is 56.0 Å². The van der Waals surface area contributed by atoms with Gasteiger partial charge in [0.15, 0.2) is 0 Å². The maximum absolute atomic E-state index is 13.4. The lowest BCUT2D eigenvalue weighted by Crippen LogP contribution is -1.98. The highest BCUT2D eigenvalue weighted by molar-refractivity contribution is 7.16. The third-order valence-corrected chi connectivity index (χ3v) is 4.26. The Kier molecular flexibility index (Phi) is 3.52. The Bertz CT molecular complexity index is 531. The van der Waals surface area contributed by atoms with Crippen LogP contribution in [0, 0.1) is 19.7 Å². The van der Waals surface area contributed by atoms with Crippen molar-refractivity contribution >= 4 is 22.9 Å². The first-order valence-electron chi connectivity index (χ1n) is 5.19. The molecule has 90 valence electrons. The van der Waals surface area contributed by atoms with E-state index < -0.39 is 6.10 Å². The van der Waals surface area contributed by atoms with Crippen LogP contribution in [0.25, 0.3) is 0 Å². The summed E-state index contributed by atoms with van der Waals surface area (Å²) in [5.41, 5.74) is 2.05. The summed E-state index contributed by atoms with van der Waals surface area (Å²) < 4.78 is 14.1. The maximum atomic E-state index is 13.4. The summed E-state index contributed by atoms with van der Waals surface area (Å²) >= 11 is 7.27. The molecule has 0 aliphatic carbocycles. The molecular formula is C13H12ClFOS. The van der Waals surface area contributed by atoms with Gasteiger partial charge in [0.2, 0.25) is 0 Å². The summed E-state index contributed by atoms with van der Waals surface area (Å²) in [6, 6.07) is 6.58. The predicted molar refractivity (Wildman–Crippen MR) is 69.3 cm³/mol. The van der Waals surface area contributed by atoms with Gasteiger partial charge in [0.25, 0.3) is 0 Å². The minimum atomic E-state index is -0.818. The molecule has 0 bridgehead atoms. The quantitative estimate of drug-likeness (QED) is 0.865. The van der Waals surface area contributed by atoms with E-state index in [-0.39, 0.29) is 5.82 Å². The molecule has 0 radical (unpaired) electrons. The van der Waals surface area contributed by atoms with E-state index in [0.717, 1.165) is 10.4 Å². The Labute approximate surface area is 108 Å². The molecule has 1 nitrogen and oxygen atoms in total. The molecule has 0 fully saturated rings. The fraction of sp³-hybridized carbons (Fsp3) is 0.231. The molecule has 0 saturated carbocycles. The van der Waals surface area contributed by atoms with Gasteiger partial charge in [0, 0.05) is 4.88 Å². The minimum absolute atomic E-state index is 0.305. The van der Waals surface area contributed by atoms with Crippen molar-refractivity contribution < 1.29 is 9.50 Å². The van der Waals surface area contributed by atoms with Gasteiger partial charge in [-0.2, -0.15) is 0 Å². The normalized spacial score (nSPS) is 12.8. The van der Waals surface area contributed by atoms with Gasteiger partial charge in [-0.1, -0.05) is 23.7 Å². The Morgan fingerprint density at radius 1 is 1.24 bits per heavy atom.